The minimum atomic E-state index is -0.458. The van der Waals surface area contributed by atoms with E-state index in [1.807, 2.05) is 0 Å². The minimum absolute atomic E-state index is 0.0315. The quantitative estimate of drug-likeness (QED) is 0.291. The monoisotopic (exact) mass is 305 g/mol. The number of nitro groups is 1. The third kappa shape index (κ3) is 4.03. The van der Waals surface area contributed by atoms with E-state index in [-0.39, 0.29) is 11.5 Å². The fourth-order valence-corrected chi connectivity index (χ4v) is 2.55. The van der Waals surface area contributed by atoms with Gasteiger partial charge in [0.2, 0.25) is 0 Å². The average molecular weight is 305 g/mol. The van der Waals surface area contributed by atoms with Gasteiger partial charge in [-0.3, -0.25) is 15.5 Å². The molecule has 2 rings (SSSR count). The molecule has 0 aromatic heterocycles. The van der Waals surface area contributed by atoms with Crippen molar-refractivity contribution in [3.8, 4) is 0 Å². The molecular formula is C14H12FN3O2S. The lowest BCUT2D eigenvalue weighted by molar-refractivity contribution is -0.384. The molecule has 0 heterocycles. The first-order valence-corrected chi connectivity index (χ1v) is 6.95. The van der Waals surface area contributed by atoms with Gasteiger partial charge in [-0.15, -0.1) is 11.8 Å². The number of hydrogen-bond donors (Lipinski definition) is 2. The highest BCUT2D eigenvalue weighted by atomic mass is 32.2. The number of thioether (sulfide) groups is 1. The molecule has 7 heteroatoms. The zero-order valence-electron chi connectivity index (χ0n) is 10.9. The van der Waals surface area contributed by atoms with Gasteiger partial charge in [0.25, 0.3) is 5.69 Å². The zero-order chi connectivity index (χ0) is 15.4. The predicted octanol–water partition coefficient (Wildman–Crippen LogP) is 3.31. The molecular weight excluding hydrogens is 293 g/mol. The summed E-state index contributed by atoms with van der Waals surface area (Å²) in [5.74, 6) is -0.145. The van der Waals surface area contributed by atoms with Crippen molar-refractivity contribution < 1.29 is 9.31 Å². The molecule has 0 unspecified atom stereocenters. The second-order valence-corrected chi connectivity index (χ2v) is 5.35. The Balaban J connectivity index is 2.09. The molecule has 0 saturated heterocycles. The smallest absolute Gasteiger partial charge is 0.269 e. The Morgan fingerprint density at radius 1 is 1.29 bits per heavy atom. The number of nitrogens with zero attached hydrogens (tertiary/aromatic N) is 1. The van der Waals surface area contributed by atoms with E-state index in [0.717, 1.165) is 4.90 Å². The first-order valence-electron chi connectivity index (χ1n) is 5.97. The molecule has 108 valence electrons. The third-order valence-corrected chi connectivity index (χ3v) is 3.80. The van der Waals surface area contributed by atoms with Crippen molar-refractivity contribution in [3.05, 3.63) is 69.5 Å². The van der Waals surface area contributed by atoms with Crippen molar-refractivity contribution in [2.24, 2.45) is 5.73 Å². The van der Waals surface area contributed by atoms with E-state index in [1.54, 1.807) is 18.2 Å². The lowest BCUT2D eigenvalue weighted by Gasteiger charge is -2.05. The van der Waals surface area contributed by atoms with Gasteiger partial charge < -0.3 is 5.73 Å². The van der Waals surface area contributed by atoms with Crippen molar-refractivity contribution >= 4 is 23.3 Å². The van der Waals surface area contributed by atoms with Crippen LogP contribution in [-0.4, -0.2) is 10.8 Å². The molecule has 0 saturated carbocycles. The lowest BCUT2D eigenvalue weighted by atomic mass is 10.1. The van der Waals surface area contributed by atoms with Crippen LogP contribution in [0.25, 0.3) is 0 Å². The molecule has 21 heavy (non-hydrogen) atoms. The van der Waals surface area contributed by atoms with Crippen molar-refractivity contribution in [3.63, 3.8) is 0 Å². The van der Waals surface area contributed by atoms with Crippen LogP contribution >= 0.6 is 11.8 Å². The number of amidine groups is 1. The van der Waals surface area contributed by atoms with E-state index in [2.05, 4.69) is 0 Å². The van der Waals surface area contributed by atoms with Crippen LogP contribution in [0.2, 0.25) is 0 Å². The molecule has 0 radical (unpaired) electrons. The van der Waals surface area contributed by atoms with Crippen LogP contribution in [0.15, 0.2) is 47.4 Å². The van der Waals surface area contributed by atoms with Gasteiger partial charge in [-0.05, 0) is 35.9 Å². The van der Waals surface area contributed by atoms with Gasteiger partial charge >= 0.3 is 0 Å². The molecule has 3 N–H and O–H groups in total. The van der Waals surface area contributed by atoms with Crippen LogP contribution in [0.3, 0.4) is 0 Å². The maximum Gasteiger partial charge on any atom is 0.269 e. The summed E-state index contributed by atoms with van der Waals surface area (Å²) in [6.45, 7) is 0. The Labute approximate surface area is 124 Å². The number of nitro benzene ring substituents is 1. The van der Waals surface area contributed by atoms with Crippen LogP contribution in [0.4, 0.5) is 10.1 Å². The number of nitrogens with two attached hydrogens (primary N) is 1. The molecule has 0 fully saturated rings. The maximum absolute atomic E-state index is 13.4. The molecule has 0 atom stereocenters. The fraction of sp³-hybridized carbons (Fsp3) is 0.0714. The van der Waals surface area contributed by atoms with E-state index in [9.17, 15) is 14.5 Å². The summed E-state index contributed by atoms with van der Waals surface area (Å²) >= 11 is 1.42. The number of rotatable bonds is 5. The van der Waals surface area contributed by atoms with Gasteiger partial charge in [-0.2, -0.15) is 0 Å². The molecule has 0 aliphatic carbocycles. The second-order valence-electron chi connectivity index (χ2n) is 4.30. The summed E-state index contributed by atoms with van der Waals surface area (Å²) in [6, 6.07) is 10.4. The van der Waals surface area contributed by atoms with Gasteiger partial charge in [0.05, 0.1) is 4.92 Å². The topological polar surface area (TPSA) is 93.0 Å². The summed E-state index contributed by atoms with van der Waals surface area (Å²) in [5, 5.41) is 17.9. The van der Waals surface area contributed by atoms with Crippen LogP contribution < -0.4 is 5.73 Å². The summed E-state index contributed by atoms with van der Waals surface area (Å²) in [4.78, 5) is 10.9. The van der Waals surface area contributed by atoms with Gasteiger partial charge in [-0.1, -0.05) is 0 Å². The van der Waals surface area contributed by atoms with Crippen LogP contribution in [0.1, 0.15) is 11.1 Å². The zero-order valence-corrected chi connectivity index (χ0v) is 11.7. The SMILES string of the molecule is N=C(N)c1cc(F)cc(CSc2ccc([N+](=O)[O-])cc2)c1. The number of benzene rings is 2. The number of hydrogen-bond acceptors (Lipinski definition) is 4. The Bertz CT molecular complexity index is 689. The summed E-state index contributed by atoms with van der Waals surface area (Å²) < 4.78 is 13.4. The van der Waals surface area contributed by atoms with Gasteiger partial charge in [0.1, 0.15) is 11.7 Å². The van der Waals surface area contributed by atoms with E-state index in [4.69, 9.17) is 11.1 Å². The Hall–Kier alpha value is -2.41. The molecule has 2 aromatic rings. The summed E-state index contributed by atoms with van der Waals surface area (Å²) in [6.07, 6.45) is 0. The molecule has 0 bridgehead atoms. The van der Waals surface area contributed by atoms with Crippen molar-refractivity contribution in [1.82, 2.24) is 0 Å². The third-order valence-electron chi connectivity index (χ3n) is 2.72. The highest BCUT2D eigenvalue weighted by Gasteiger charge is 2.06. The van der Waals surface area contributed by atoms with Crippen LogP contribution in [-0.2, 0) is 5.75 Å². The van der Waals surface area contributed by atoms with Crippen molar-refractivity contribution in [1.29, 1.82) is 5.41 Å². The normalized spacial score (nSPS) is 10.3. The highest BCUT2D eigenvalue weighted by molar-refractivity contribution is 7.98. The fourth-order valence-electron chi connectivity index (χ4n) is 1.72. The van der Waals surface area contributed by atoms with Crippen LogP contribution in [0, 0.1) is 21.3 Å². The number of non-ortho nitro benzene ring substituents is 1. The van der Waals surface area contributed by atoms with E-state index < -0.39 is 10.7 Å². The molecule has 0 aliphatic rings. The van der Waals surface area contributed by atoms with Crippen LogP contribution in [0.5, 0.6) is 0 Å². The molecule has 0 spiro atoms. The van der Waals surface area contributed by atoms with E-state index in [0.29, 0.717) is 16.9 Å². The summed E-state index contributed by atoms with van der Waals surface area (Å²) in [5.41, 5.74) is 6.42. The van der Waals surface area contributed by atoms with Gasteiger partial charge in [-0.25, -0.2) is 4.39 Å². The largest absolute Gasteiger partial charge is 0.384 e. The van der Waals surface area contributed by atoms with Gasteiger partial charge in [0.15, 0.2) is 0 Å². The average Bonchev–Trinajstić information content (AvgIpc) is 2.45. The summed E-state index contributed by atoms with van der Waals surface area (Å²) in [7, 11) is 0. The van der Waals surface area contributed by atoms with Crippen molar-refractivity contribution in [2.75, 3.05) is 0 Å². The molecule has 0 amide bonds. The van der Waals surface area contributed by atoms with Crippen molar-refractivity contribution in [2.45, 2.75) is 10.6 Å². The van der Waals surface area contributed by atoms with Gasteiger partial charge in [0, 0.05) is 28.3 Å². The highest BCUT2D eigenvalue weighted by Crippen LogP contribution is 2.25. The Kier molecular flexibility index (Phi) is 4.54. The molecule has 0 aliphatic heterocycles. The first-order chi connectivity index (χ1) is 9.95. The Morgan fingerprint density at radius 2 is 1.95 bits per heavy atom. The molecule has 5 nitrogen and oxygen atoms in total. The van der Waals surface area contributed by atoms with E-state index >= 15 is 0 Å². The predicted molar refractivity (Wildman–Crippen MR) is 80.1 cm³/mol. The Morgan fingerprint density at radius 3 is 2.52 bits per heavy atom. The number of halogens is 1. The number of nitrogen functional groups attached to an aromatic ring is 1. The standard InChI is InChI=1S/C14H12FN3O2S/c15-11-6-9(5-10(7-11)14(16)17)8-21-13-3-1-12(2-4-13)18(19)20/h1-7H,8H2,(H3,16,17). The second kappa shape index (κ2) is 6.36. The maximum atomic E-state index is 13.4. The lowest BCUT2D eigenvalue weighted by Crippen LogP contribution is -2.11. The van der Waals surface area contributed by atoms with E-state index in [1.165, 1.54) is 36.0 Å². The minimum Gasteiger partial charge on any atom is -0.384 e. The first kappa shape index (κ1) is 15.0. The number of nitrogens with one attached hydrogen (secondary N) is 1. The molecule has 2 aromatic carbocycles.